The summed E-state index contributed by atoms with van der Waals surface area (Å²) in [6.45, 7) is 1.61. The van der Waals surface area contributed by atoms with Crippen LogP contribution >= 0.6 is 11.6 Å². The number of halogens is 2. The van der Waals surface area contributed by atoms with Crippen molar-refractivity contribution in [3.63, 3.8) is 0 Å². The Balaban J connectivity index is 2.15. The molecule has 1 unspecified atom stereocenters. The largest absolute Gasteiger partial charge is 0.476 e. The second-order valence-corrected chi connectivity index (χ2v) is 6.64. The molecule has 29 heavy (non-hydrogen) atoms. The molecule has 0 saturated carbocycles. The van der Waals surface area contributed by atoms with Gasteiger partial charge in [-0.25, -0.2) is 14.0 Å². The standard InChI is InChI=1S/C19H12ClFN4O4/c1-19(9-22,10-2-4-11(21)5-3-10)13-7-6-12(8-14(13)20)25-18(29)23-16(26)15(24-25)17(27)28/h2-8H,1H3,(H,27,28)(H,23,26,29). The first-order chi connectivity index (χ1) is 13.7. The molecule has 10 heteroatoms. The number of aromatic amines is 1. The summed E-state index contributed by atoms with van der Waals surface area (Å²) in [5.41, 5.74) is -3.20. The van der Waals surface area contributed by atoms with E-state index in [0.717, 1.165) is 0 Å². The topological polar surface area (TPSA) is 129 Å². The van der Waals surface area contributed by atoms with Gasteiger partial charge < -0.3 is 5.11 Å². The molecule has 0 fully saturated rings. The molecule has 0 aliphatic rings. The summed E-state index contributed by atoms with van der Waals surface area (Å²) in [5.74, 6) is -2.05. The van der Waals surface area contributed by atoms with Crippen molar-refractivity contribution < 1.29 is 14.3 Å². The van der Waals surface area contributed by atoms with Crippen LogP contribution in [-0.4, -0.2) is 25.8 Å². The summed E-state index contributed by atoms with van der Waals surface area (Å²) < 4.78 is 13.9. The lowest BCUT2D eigenvalue weighted by atomic mass is 9.77. The van der Waals surface area contributed by atoms with Crippen molar-refractivity contribution in [1.82, 2.24) is 14.8 Å². The smallest absolute Gasteiger partial charge is 0.362 e. The molecule has 0 spiro atoms. The number of aromatic carboxylic acids is 1. The first-order valence-electron chi connectivity index (χ1n) is 8.12. The quantitative estimate of drug-likeness (QED) is 0.673. The Kier molecular flexibility index (Phi) is 5.05. The molecule has 1 atom stereocenters. The summed E-state index contributed by atoms with van der Waals surface area (Å²) in [7, 11) is 0. The molecule has 0 aliphatic carbocycles. The number of rotatable bonds is 4. The van der Waals surface area contributed by atoms with Gasteiger partial charge in [0.2, 0.25) is 5.69 Å². The van der Waals surface area contributed by atoms with E-state index < -0.39 is 34.1 Å². The van der Waals surface area contributed by atoms with Crippen molar-refractivity contribution in [2.24, 2.45) is 0 Å². The summed E-state index contributed by atoms with van der Waals surface area (Å²) >= 11 is 6.35. The second kappa shape index (κ2) is 7.33. The van der Waals surface area contributed by atoms with Gasteiger partial charge in [-0.2, -0.15) is 15.0 Å². The first-order valence-corrected chi connectivity index (χ1v) is 8.50. The Morgan fingerprint density at radius 1 is 1.28 bits per heavy atom. The van der Waals surface area contributed by atoms with Crippen molar-refractivity contribution in [3.05, 3.63) is 91.0 Å². The van der Waals surface area contributed by atoms with E-state index in [2.05, 4.69) is 11.2 Å². The Bertz CT molecular complexity index is 1280. The van der Waals surface area contributed by atoms with Gasteiger partial charge >= 0.3 is 11.7 Å². The fourth-order valence-corrected chi connectivity index (χ4v) is 3.18. The summed E-state index contributed by atoms with van der Waals surface area (Å²) in [4.78, 5) is 36.5. The fourth-order valence-electron chi connectivity index (χ4n) is 2.82. The highest BCUT2D eigenvalue weighted by Gasteiger charge is 2.31. The third-order valence-corrected chi connectivity index (χ3v) is 4.72. The molecule has 3 rings (SSSR count). The lowest BCUT2D eigenvalue weighted by Gasteiger charge is -2.24. The van der Waals surface area contributed by atoms with E-state index in [9.17, 15) is 24.0 Å². The lowest BCUT2D eigenvalue weighted by molar-refractivity contribution is 0.0685. The Morgan fingerprint density at radius 2 is 1.93 bits per heavy atom. The minimum absolute atomic E-state index is 0.0851. The maximum Gasteiger partial charge on any atom is 0.362 e. The van der Waals surface area contributed by atoms with Crippen LogP contribution in [0.15, 0.2) is 52.1 Å². The van der Waals surface area contributed by atoms with Gasteiger partial charge in [-0.05, 0) is 42.3 Å². The van der Waals surface area contributed by atoms with E-state index in [-0.39, 0.29) is 10.7 Å². The van der Waals surface area contributed by atoms with Crippen LogP contribution < -0.4 is 11.2 Å². The SMILES string of the molecule is CC(C#N)(c1ccc(F)cc1)c1ccc(-n2nc(C(=O)O)c(=O)[nH]c2=O)cc1Cl. The van der Waals surface area contributed by atoms with Gasteiger partial charge in [-0.3, -0.25) is 9.78 Å². The fraction of sp³-hybridized carbons (Fsp3) is 0.105. The maximum atomic E-state index is 13.2. The number of H-pyrrole nitrogens is 1. The number of nitrogens with zero attached hydrogens (tertiary/aromatic N) is 3. The highest BCUT2D eigenvalue weighted by molar-refractivity contribution is 6.31. The van der Waals surface area contributed by atoms with Crippen LogP contribution in [-0.2, 0) is 5.41 Å². The number of carboxylic acid groups (broad SMARTS) is 1. The molecule has 0 bridgehead atoms. The molecule has 1 aromatic heterocycles. The third-order valence-electron chi connectivity index (χ3n) is 4.41. The lowest BCUT2D eigenvalue weighted by Crippen LogP contribution is -2.35. The molecular weight excluding hydrogens is 403 g/mol. The van der Waals surface area contributed by atoms with Gasteiger partial charge in [0.15, 0.2) is 0 Å². The molecule has 2 N–H and O–H groups in total. The number of benzene rings is 2. The molecule has 2 aromatic carbocycles. The van der Waals surface area contributed by atoms with Crippen molar-refractivity contribution >= 4 is 17.6 Å². The van der Waals surface area contributed by atoms with Gasteiger partial charge in [0.05, 0.1) is 11.8 Å². The van der Waals surface area contributed by atoms with Gasteiger partial charge in [0.1, 0.15) is 11.2 Å². The number of hydrogen-bond donors (Lipinski definition) is 2. The first kappa shape index (κ1) is 20.0. The summed E-state index contributed by atoms with van der Waals surface area (Å²) in [5, 5.41) is 22.4. The van der Waals surface area contributed by atoms with E-state index in [1.807, 2.05) is 4.98 Å². The Morgan fingerprint density at radius 3 is 2.48 bits per heavy atom. The van der Waals surface area contributed by atoms with Crippen molar-refractivity contribution in [2.75, 3.05) is 0 Å². The predicted octanol–water partition coefficient (Wildman–Crippen LogP) is 2.24. The zero-order chi connectivity index (χ0) is 21.3. The average molecular weight is 415 g/mol. The van der Waals surface area contributed by atoms with Gasteiger partial charge in [-0.15, -0.1) is 0 Å². The second-order valence-electron chi connectivity index (χ2n) is 6.23. The Labute approximate surface area is 167 Å². The van der Waals surface area contributed by atoms with Crippen molar-refractivity contribution in [3.8, 4) is 11.8 Å². The van der Waals surface area contributed by atoms with Crippen LogP contribution in [0.25, 0.3) is 5.69 Å². The van der Waals surface area contributed by atoms with Gasteiger partial charge in [-0.1, -0.05) is 29.8 Å². The molecule has 8 nitrogen and oxygen atoms in total. The normalized spacial score (nSPS) is 12.8. The highest BCUT2D eigenvalue weighted by Crippen LogP contribution is 2.36. The minimum Gasteiger partial charge on any atom is -0.476 e. The van der Waals surface area contributed by atoms with E-state index >= 15 is 0 Å². The summed E-state index contributed by atoms with van der Waals surface area (Å²) in [6, 6.07) is 11.7. The average Bonchev–Trinajstić information content (AvgIpc) is 2.67. The number of aromatic nitrogens is 3. The van der Waals surface area contributed by atoms with Crippen molar-refractivity contribution in [2.45, 2.75) is 12.3 Å². The van der Waals surface area contributed by atoms with Crippen LogP contribution in [0.1, 0.15) is 28.5 Å². The van der Waals surface area contributed by atoms with E-state index in [0.29, 0.717) is 15.8 Å². The van der Waals surface area contributed by atoms with Gasteiger partial charge in [0.25, 0.3) is 5.56 Å². The number of nitrogens with one attached hydrogen (secondary N) is 1. The van der Waals surface area contributed by atoms with Crippen LogP contribution in [0, 0.1) is 17.1 Å². The molecule has 0 amide bonds. The van der Waals surface area contributed by atoms with E-state index in [1.165, 1.54) is 42.5 Å². The summed E-state index contributed by atoms with van der Waals surface area (Å²) in [6.07, 6.45) is 0. The zero-order valence-corrected chi connectivity index (χ0v) is 15.6. The van der Waals surface area contributed by atoms with E-state index in [4.69, 9.17) is 16.7 Å². The van der Waals surface area contributed by atoms with E-state index in [1.54, 1.807) is 6.92 Å². The zero-order valence-electron chi connectivity index (χ0n) is 14.8. The molecule has 146 valence electrons. The Hall–Kier alpha value is -3.77. The van der Waals surface area contributed by atoms with Crippen LogP contribution in [0.2, 0.25) is 5.02 Å². The van der Waals surface area contributed by atoms with Crippen LogP contribution in [0.4, 0.5) is 4.39 Å². The monoisotopic (exact) mass is 414 g/mol. The maximum absolute atomic E-state index is 13.2. The number of nitriles is 1. The highest BCUT2D eigenvalue weighted by atomic mass is 35.5. The molecule has 1 heterocycles. The van der Waals surface area contributed by atoms with Crippen molar-refractivity contribution in [1.29, 1.82) is 5.26 Å². The van der Waals surface area contributed by atoms with Gasteiger partial charge in [0, 0.05) is 5.02 Å². The molecule has 3 aromatic rings. The third kappa shape index (κ3) is 3.53. The number of hydrogen-bond acceptors (Lipinski definition) is 5. The predicted molar refractivity (Wildman–Crippen MR) is 101 cm³/mol. The molecule has 0 radical (unpaired) electrons. The van der Waals surface area contributed by atoms with Crippen LogP contribution in [0.5, 0.6) is 0 Å². The molecule has 0 aliphatic heterocycles. The number of carboxylic acids is 1. The number of carbonyl (C=O) groups is 1. The minimum atomic E-state index is -1.60. The molecule has 0 saturated heterocycles. The molecular formula is C19H12ClFN4O4. The van der Waals surface area contributed by atoms with Crippen LogP contribution in [0.3, 0.4) is 0 Å².